The molecule has 0 bridgehead atoms. The molecule has 1 amide bonds. The summed E-state index contributed by atoms with van der Waals surface area (Å²) in [4.78, 5) is 30.8. The third-order valence-electron chi connectivity index (χ3n) is 6.43. The Hall–Kier alpha value is -4.54. The Labute approximate surface area is 231 Å². The fourth-order valence-corrected chi connectivity index (χ4v) is 5.08. The van der Waals surface area contributed by atoms with Gasteiger partial charge in [0.2, 0.25) is 5.91 Å². The lowest BCUT2D eigenvalue weighted by molar-refractivity contribution is -0.119. The average Bonchev–Trinajstić information content (AvgIpc) is 3.58. The maximum absolute atomic E-state index is 12.2. The summed E-state index contributed by atoms with van der Waals surface area (Å²) in [6, 6.07) is 24.0. The van der Waals surface area contributed by atoms with Crippen LogP contribution in [0.5, 0.6) is 0 Å². The molecule has 4 aromatic rings. The van der Waals surface area contributed by atoms with Gasteiger partial charge in [-0.2, -0.15) is 0 Å². The van der Waals surface area contributed by atoms with Crippen LogP contribution in [0.3, 0.4) is 0 Å². The van der Waals surface area contributed by atoms with Gasteiger partial charge in [0.25, 0.3) is 0 Å². The molecule has 9 nitrogen and oxygen atoms in total. The van der Waals surface area contributed by atoms with Gasteiger partial charge in [0.15, 0.2) is 5.11 Å². The monoisotopic (exact) mass is 541 g/mol. The minimum Gasteiger partial charge on any atom is -0.465 e. The van der Waals surface area contributed by atoms with Crippen LogP contribution in [0, 0.1) is 0 Å². The average molecular weight is 542 g/mol. The van der Waals surface area contributed by atoms with Crippen LogP contribution in [0.2, 0.25) is 0 Å². The Morgan fingerprint density at radius 3 is 2.54 bits per heavy atom. The molecule has 2 atom stereocenters. The molecule has 0 spiro atoms. The molecule has 0 saturated carbocycles. The number of hydrogen-bond acceptors (Lipinski definition) is 6. The first-order valence-corrected chi connectivity index (χ1v) is 12.7. The normalized spacial score (nSPS) is 16.6. The van der Waals surface area contributed by atoms with Crippen molar-refractivity contribution in [2.75, 3.05) is 31.0 Å². The van der Waals surface area contributed by atoms with E-state index in [4.69, 9.17) is 21.7 Å². The number of esters is 1. The summed E-state index contributed by atoms with van der Waals surface area (Å²) in [5.41, 5.74) is 4.55. The Balaban J connectivity index is 1.56. The zero-order valence-electron chi connectivity index (χ0n) is 21.4. The molecule has 1 fully saturated rings. The first kappa shape index (κ1) is 26.1. The Morgan fingerprint density at radius 1 is 1.00 bits per heavy atom. The second-order valence-corrected chi connectivity index (χ2v) is 9.26. The summed E-state index contributed by atoms with van der Waals surface area (Å²) in [5, 5.41) is 6.82. The van der Waals surface area contributed by atoms with Gasteiger partial charge in [-0.3, -0.25) is 9.78 Å². The van der Waals surface area contributed by atoms with Crippen LogP contribution in [-0.4, -0.2) is 47.4 Å². The number of anilines is 2. The highest BCUT2D eigenvalue weighted by Crippen LogP contribution is 2.42. The second-order valence-electron chi connectivity index (χ2n) is 8.87. The van der Waals surface area contributed by atoms with E-state index >= 15 is 0 Å². The lowest BCUT2D eigenvalue weighted by atomic mass is 10.0. The number of carbonyl (C=O) groups excluding carboxylic acids is 2. The van der Waals surface area contributed by atoms with Gasteiger partial charge in [0.05, 0.1) is 24.4 Å². The van der Waals surface area contributed by atoms with Gasteiger partial charge >= 0.3 is 5.97 Å². The summed E-state index contributed by atoms with van der Waals surface area (Å²) in [6.07, 6.45) is 3.71. The quantitative estimate of drug-likeness (QED) is 0.250. The number of hydrogen-bond donors (Lipinski definition) is 2. The highest BCUT2D eigenvalue weighted by Gasteiger charge is 2.42. The van der Waals surface area contributed by atoms with Crippen LogP contribution in [0.4, 0.5) is 11.4 Å². The molecule has 1 aliphatic heterocycles. The topological polar surface area (TPSA) is 97.7 Å². The first-order chi connectivity index (χ1) is 19.0. The maximum atomic E-state index is 12.2. The minimum atomic E-state index is -0.403. The van der Waals surface area contributed by atoms with Crippen LogP contribution in [0.25, 0.3) is 5.69 Å². The summed E-state index contributed by atoms with van der Waals surface area (Å²) in [6.45, 7) is -0.0239. The fraction of sp³-hybridized carbons (Fsp3) is 0.172. The standard InChI is InChI=1S/C29H27N5O4S/c1-37-18-25(35)31-20-11-13-21(14-12-20)34-27(26(32-29(34)39)23-9-3-4-15-30-23)24-10-6-16-33(24)22-8-5-7-19(17-22)28(36)38-2/h3-17,26-27H,18H2,1-2H3,(H,31,35)(H,32,39)/t26-,27+/m0/s1. The lowest BCUT2D eigenvalue weighted by Gasteiger charge is -2.29. The van der Waals surface area contributed by atoms with Gasteiger partial charge < -0.3 is 29.6 Å². The predicted octanol–water partition coefficient (Wildman–Crippen LogP) is 4.42. The van der Waals surface area contributed by atoms with E-state index in [1.165, 1.54) is 14.2 Å². The van der Waals surface area contributed by atoms with Gasteiger partial charge in [0, 0.05) is 42.3 Å². The number of amides is 1. The van der Waals surface area contributed by atoms with Crippen molar-refractivity contribution in [3.63, 3.8) is 0 Å². The molecule has 0 radical (unpaired) electrons. The van der Waals surface area contributed by atoms with Gasteiger partial charge in [-0.25, -0.2) is 4.79 Å². The molecule has 5 rings (SSSR count). The third-order valence-corrected chi connectivity index (χ3v) is 6.75. The molecular weight excluding hydrogens is 514 g/mol. The second kappa shape index (κ2) is 11.5. The Kier molecular flexibility index (Phi) is 7.67. The molecule has 198 valence electrons. The molecule has 2 N–H and O–H groups in total. The van der Waals surface area contributed by atoms with Gasteiger partial charge in [-0.15, -0.1) is 0 Å². The van der Waals surface area contributed by atoms with Crippen LogP contribution >= 0.6 is 12.2 Å². The van der Waals surface area contributed by atoms with Gasteiger partial charge in [0.1, 0.15) is 12.6 Å². The van der Waals surface area contributed by atoms with Crippen molar-refractivity contribution in [2.24, 2.45) is 0 Å². The number of ether oxygens (including phenoxy) is 2. The summed E-state index contributed by atoms with van der Waals surface area (Å²) in [5.74, 6) is -0.636. The van der Waals surface area contributed by atoms with Crippen LogP contribution < -0.4 is 15.5 Å². The van der Waals surface area contributed by atoms with Gasteiger partial charge in [-0.1, -0.05) is 12.1 Å². The van der Waals surface area contributed by atoms with E-state index in [9.17, 15) is 9.59 Å². The van der Waals surface area contributed by atoms with Gasteiger partial charge in [-0.05, 0) is 78.9 Å². The van der Waals surface area contributed by atoms with E-state index in [0.29, 0.717) is 16.4 Å². The van der Waals surface area contributed by atoms with E-state index in [-0.39, 0.29) is 24.6 Å². The van der Waals surface area contributed by atoms with E-state index in [1.54, 1.807) is 18.3 Å². The van der Waals surface area contributed by atoms with Crippen molar-refractivity contribution >= 4 is 40.6 Å². The number of methoxy groups -OCH3 is 2. The molecule has 2 aromatic carbocycles. The van der Waals surface area contributed by atoms with E-state index < -0.39 is 5.97 Å². The van der Waals surface area contributed by atoms with Crippen molar-refractivity contribution in [1.82, 2.24) is 14.9 Å². The van der Waals surface area contributed by atoms with E-state index in [0.717, 1.165) is 22.8 Å². The zero-order valence-corrected chi connectivity index (χ0v) is 22.2. The molecule has 3 heterocycles. The molecule has 1 saturated heterocycles. The molecule has 2 aromatic heterocycles. The molecule has 10 heteroatoms. The van der Waals surface area contributed by atoms with Crippen LogP contribution in [0.1, 0.15) is 33.8 Å². The zero-order chi connectivity index (χ0) is 27.4. The Morgan fingerprint density at radius 2 is 1.82 bits per heavy atom. The van der Waals surface area contributed by atoms with Crippen molar-refractivity contribution in [3.8, 4) is 5.69 Å². The van der Waals surface area contributed by atoms with E-state index in [1.807, 2.05) is 82.4 Å². The number of benzene rings is 2. The number of nitrogens with one attached hydrogen (secondary N) is 2. The number of carbonyl (C=O) groups is 2. The highest BCUT2D eigenvalue weighted by molar-refractivity contribution is 7.80. The molecule has 0 aliphatic carbocycles. The summed E-state index contributed by atoms with van der Waals surface area (Å²) >= 11 is 5.85. The molecule has 39 heavy (non-hydrogen) atoms. The largest absolute Gasteiger partial charge is 0.465 e. The van der Waals surface area contributed by atoms with Crippen molar-refractivity contribution in [2.45, 2.75) is 12.1 Å². The number of aromatic nitrogens is 2. The number of thiocarbonyl (C=S) groups is 1. The minimum absolute atomic E-state index is 0.0239. The van der Waals surface area contributed by atoms with Crippen molar-refractivity contribution in [3.05, 3.63) is 108 Å². The third kappa shape index (κ3) is 5.38. The molecule has 1 aliphatic rings. The fourth-order valence-electron chi connectivity index (χ4n) is 4.74. The first-order valence-electron chi connectivity index (χ1n) is 12.3. The maximum Gasteiger partial charge on any atom is 0.337 e. The lowest BCUT2D eigenvalue weighted by Crippen LogP contribution is -2.30. The Bertz CT molecular complexity index is 1490. The summed E-state index contributed by atoms with van der Waals surface area (Å²) in [7, 11) is 2.84. The van der Waals surface area contributed by atoms with Crippen molar-refractivity contribution < 1.29 is 19.1 Å². The smallest absolute Gasteiger partial charge is 0.337 e. The highest BCUT2D eigenvalue weighted by atomic mass is 32.1. The SMILES string of the molecule is COCC(=O)Nc1ccc(N2C(=S)N[C@@H](c3ccccn3)[C@H]2c2cccn2-c2cccc(C(=O)OC)c2)cc1. The van der Waals surface area contributed by atoms with Crippen molar-refractivity contribution in [1.29, 1.82) is 0 Å². The summed E-state index contributed by atoms with van der Waals surface area (Å²) < 4.78 is 11.9. The number of pyridine rings is 1. The predicted molar refractivity (Wildman–Crippen MR) is 152 cm³/mol. The molecule has 0 unspecified atom stereocenters. The molecular formula is C29H27N5O4S. The number of nitrogens with zero attached hydrogens (tertiary/aromatic N) is 3. The van der Waals surface area contributed by atoms with Crippen LogP contribution in [0.15, 0.2) is 91.3 Å². The van der Waals surface area contributed by atoms with E-state index in [2.05, 4.69) is 15.6 Å². The number of rotatable bonds is 8. The van der Waals surface area contributed by atoms with Crippen LogP contribution in [-0.2, 0) is 14.3 Å².